The highest BCUT2D eigenvalue weighted by Gasteiger charge is 2.14. The molecule has 1 aromatic carbocycles. The van der Waals surface area contributed by atoms with Crippen molar-refractivity contribution in [2.75, 3.05) is 0 Å². The van der Waals surface area contributed by atoms with Gasteiger partial charge in [-0.25, -0.2) is 9.67 Å². The molecule has 0 amide bonds. The van der Waals surface area contributed by atoms with Crippen LogP contribution in [0.5, 0.6) is 5.75 Å². The van der Waals surface area contributed by atoms with Crippen molar-refractivity contribution < 1.29 is 5.11 Å². The summed E-state index contributed by atoms with van der Waals surface area (Å²) in [5.41, 5.74) is 6.71. The van der Waals surface area contributed by atoms with Crippen molar-refractivity contribution >= 4 is 0 Å². The fraction of sp³-hybridized carbons (Fsp3) is 0.467. The largest absolute Gasteiger partial charge is 0.508 e. The molecule has 0 radical (unpaired) electrons. The lowest BCUT2D eigenvalue weighted by atomic mass is 10.0. The lowest BCUT2D eigenvalue weighted by molar-refractivity contribution is 0.414. The number of aromatic nitrogens is 3. The molecule has 0 spiro atoms. The van der Waals surface area contributed by atoms with Crippen LogP contribution in [0, 0.1) is 0 Å². The maximum absolute atomic E-state index is 9.32. The van der Waals surface area contributed by atoms with Crippen molar-refractivity contribution in [1.29, 1.82) is 0 Å². The van der Waals surface area contributed by atoms with Gasteiger partial charge in [-0.1, -0.05) is 6.92 Å². The number of aromatic hydroxyl groups is 1. The Balaban J connectivity index is 2.24. The van der Waals surface area contributed by atoms with Crippen LogP contribution in [0.2, 0.25) is 0 Å². The first kappa shape index (κ1) is 14.5. The van der Waals surface area contributed by atoms with E-state index < -0.39 is 0 Å². The van der Waals surface area contributed by atoms with Gasteiger partial charge >= 0.3 is 0 Å². The van der Waals surface area contributed by atoms with Crippen molar-refractivity contribution in [3.63, 3.8) is 0 Å². The topological polar surface area (TPSA) is 77.0 Å². The minimum absolute atomic E-state index is 0.213. The fourth-order valence-corrected chi connectivity index (χ4v) is 1.94. The molecule has 0 aliphatic carbocycles. The van der Waals surface area contributed by atoms with E-state index >= 15 is 0 Å². The van der Waals surface area contributed by atoms with Crippen LogP contribution in [0.25, 0.3) is 11.4 Å². The molecule has 0 unspecified atom stereocenters. The van der Waals surface area contributed by atoms with Crippen LogP contribution in [0.15, 0.2) is 24.3 Å². The maximum Gasteiger partial charge on any atom is 0.181 e. The Kier molecular flexibility index (Phi) is 4.09. The average molecular weight is 274 g/mol. The van der Waals surface area contributed by atoms with Crippen LogP contribution in [-0.4, -0.2) is 25.4 Å². The summed E-state index contributed by atoms with van der Waals surface area (Å²) in [5.74, 6) is 1.89. The Morgan fingerprint density at radius 2 is 1.90 bits per heavy atom. The normalized spacial score (nSPS) is 11.8. The summed E-state index contributed by atoms with van der Waals surface area (Å²) in [5, 5.41) is 13.9. The van der Waals surface area contributed by atoms with E-state index in [0.717, 1.165) is 30.8 Å². The van der Waals surface area contributed by atoms with Gasteiger partial charge in [-0.15, -0.1) is 0 Å². The molecule has 3 N–H and O–H groups in total. The van der Waals surface area contributed by atoms with Crippen molar-refractivity contribution in [2.24, 2.45) is 5.73 Å². The smallest absolute Gasteiger partial charge is 0.181 e. The Labute approximate surface area is 119 Å². The summed E-state index contributed by atoms with van der Waals surface area (Å²) < 4.78 is 1.93. The molecule has 0 saturated carbocycles. The summed E-state index contributed by atoms with van der Waals surface area (Å²) in [6.07, 6.45) is 1.68. The van der Waals surface area contributed by atoms with Crippen molar-refractivity contribution in [3.05, 3.63) is 30.1 Å². The predicted octanol–water partition coefficient (Wildman–Crippen LogP) is 2.34. The van der Waals surface area contributed by atoms with Gasteiger partial charge in [0.05, 0.1) is 0 Å². The lowest BCUT2D eigenvalue weighted by Crippen LogP contribution is -2.33. The zero-order valence-corrected chi connectivity index (χ0v) is 12.3. The van der Waals surface area contributed by atoms with Gasteiger partial charge in [0, 0.05) is 24.1 Å². The summed E-state index contributed by atoms with van der Waals surface area (Å²) in [4.78, 5) is 4.56. The molecule has 20 heavy (non-hydrogen) atoms. The molecule has 0 fully saturated rings. The van der Waals surface area contributed by atoms with Gasteiger partial charge in [0.15, 0.2) is 5.82 Å². The minimum atomic E-state index is -0.213. The third-order valence-electron chi connectivity index (χ3n) is 3.16. The zero-order valence-electron chi connectivity index (χ0n) is 12.3. The van der Waals surface area contributed by atoms with Crippen LogP contribution in [-0.2, 0) is 13.0 Å². The minimum Gasteiger partial charge on any atom is -0.508 e. The summed E-state index contributed by atoms with van der Waals surface area (Å²) >= 11 is 0. The summed E-state index contributed by atoms with van der Waals surface area (Å²) in [6, 6.07) is 6.93. The summed E-state index contributed by atoms with van der Waals surface area (Å²) in [7, 11) is 0. The molecular weight excluding hydrogens is 252 g/mol. The van der Waals surface area contributed by atoms with E-state index in [1.807, 2.05) is 30.7 Å². The van der Waals surface area contributed by atoms with Crippen molar-refractivity contribution in [1.82, 2.24) is 14.8 Å². The van der Waals surface area contributed by atoms with E-state index in [2.05, 4.69) is 17.0 Å². The number of phenolic OH excluding ortho intramolecular Hbond substituents is 1. The monoisotopic (exact) mass is 274 g/mol. The highest BCUT2D eigenvalue weighted by Crippen LogP contribution is 2.19. The van der Waals surface area contributed by atoms with Gasteiger partial charge < -0.3 is 10.8 Å². The highest BCUT2D eigenvalue weighted by atomic mass is 16.3. The van der Waals surface area contributed by atoms with Gasteiger partial charge in [0.25, 0.3) is 0 Å². The quantitative estimate of drug-likeness (QED) is 0.877. The predicted molar refractivity (Wildman–Crippen MR) is 79.4 cm³/mol. The second-order valence-corrected chi connectivity index (χ2v) is 5.71. The SMILES string of the molecule is CCc1nc(-c2ccc(O)cc2)nn1CCC(C)(C)N. The number of benzene rings is 1. The van der Waals surface area contributed by atoms with E-state index in [0.29, 0.717) is 5.82 Å². The van der Waals surface area contributed by atoms with Crippen LogP contribution < -0.4 is 5.73 Å². The Hall–Kier alpha value is -1.88. The standard InChI is InChI=1S/C15H22N4O/c1-4-13-17-14(11-5-7-12(20)8-6-11)18-19(13)10-9-15(2,3)16/h5-8,20H,4,9-10,16H2,1-3H3. The number of hydrogen-bond donors (Lipinski definition) is 2. The van der Waals surface area contributed by atoms with Crippen molar-refractivity contribution in [3.8, 4) is 17.1 Å². The van der Waals surface area contributed by atoms with E-state index in [9.17, 15) is 5.11 Å². The molecule has 1 aromatic heterocycles. The van der Waals surface area contributed by atoms with Gasteiger partial charge in [-0.05, 0) is 44.5 Å². The molecule has 2 aromatic rings. The zero-order chi connectivity index (χ0) is 14.8. The van der Waals surface area contributed by atoms with Crippen molar-refractivity contribution in [2.45, 2.75) is 45.7 Å². The van der Waals surface area contributed by atoms with Crippen LogP contribution in [0.3, 0.4) is 0 Å². The van der Waals surface area contributed by atoms with E-state index in [1.165, 1.54) is 0 Å². The molecule has 2 rings (SSSR count). The molecule has 5 nitrogen and oxygen atoms in total. The second-order valence-electron chi connectivity index (χ2n) is 5.71. The highest BCUT2D eigenvalue weighted by molar-refractivity contribution is 5.55. The Morgan fingerprint density at radius 3 is 2.45 bits per heavy atom. The molecule has 0 atom stereocenters. The van der Waals surface area contributed by atoms with Gasteiger partial charge in [-0.3, -0.25) is 0 Å². The molecule has 1 heterocycles. The number of nitrogens with two attached hydrogens (primary N) is 1. The molecule has 0 bridgehead atoms. The maximum atomic E-state index is 9.32. The lowest BCUT2D eigenvalue weighted by Gasteiger charge is -2.18. The number of hydrogen-bond acceptors (Lipinski definition) is 4. The van der Waals surface area contributed by atoms with Gasteiger partial charge in [0.2, 0.25) is 0 Å². The first-order chi connectivity index (χ1) is 9.39. The van der Waals surface area contributed by atoms with Gasteiger partial charge in [0.1, 0.15) is 11.6 Å². The second kappa shape index (κ2) is 5.63. The summed E-state index contributed by atoms with van der Waals surface area (Å²) in [6.45, 7) is 6.85. The fourth-order valence-electron chi connectivity index (χ4n) is 1.94. The molecule has 0 saturated heterocycles. The molecule has 108 valence electrons. The van der Waals surface area contributed by atoms with Crippen LogP contribution in [0.4, 0.5) is 0 Å². The number of rotatable bonds is 5. The van der Waals surface area contributed by atoms with E-state index in [4.69, 9.17) is 5.73 Å². The molecule has 0 aliphatic heterocycles. The average Bonchev–Trinajstić information content (AvgIpc) is 2.79. The van der Waals surface area contributed by atoms with Gasteiger partial charge in [-0.2, -0.15) is 5.10 Å². The van der Waals surface area contributed by atoms with Crippen LogP contribution >= 0.6 is 0 Å². The van der Waals surface area contributed by atoms with E-state index in [-0.39, 0.29) is 11.3 Å². The first-order valence-electron chi connectivity index (χ1n) is 6.91. The molecule has 5 heteroatoms. The number of nitrogens with zero attached hydrogens (tertiary/aromatic N) is 3. The Morgan fingerprint density at radius 1 is 1.25 bits per heavy atom. The third-order valence-corrected chi connectivity index (χ3v) is 3.16. The van der Waals surface area contributed by atoms with Crippen LogP contribution in [0.1, 0.15) is 33.0 Å². The van der Waals surface area contributed by atoms with E-state index in [1.54, 1.807) is 12.1 Å². The first-order valence-corrected chi connectivity index (χ1v) is 6.91. The third kappa shape index (κ3) is 3.57. The molecule has 0 aliphatic rings. The molecular formula is C15H22N4O. The number of aryl methyl sites for hydroxylation is 2. The Bertz CT molecular complexity index is 567. The number of phenols is 1.